The number of halogens is 1. The van der Waals surface area contributed by atoms with Crippen molar-refractivity contribution in [3.63, 3.8) is 0 Å². The summed E-state index contributed by atoms with van der Waals surface area (Å²) in [5.41, 5.74) is 11.7. The van der Waals surface area contributed by atoms with Gasteiger partial charge in [0.05, 0.1) is 0 Å². The van der Waals surface area contributed by atoms with Gasteiger partial charge in [0.2, 0.25) is 5.91 Å². The molecule has 0 aromatic heterocycles. The summed E-state index contributed by atoms with van der Waals surface area (Å²) in [4.78, 5) is 13.3. The van der Waals surface area contributed by atoms with Crippen molar-refractivity contribution in [2.75, 3.05) is 18.0 Å². The SMILES string of the molecule is CCC(C(N)=O)N(CCCN)c1ccc(F)cc1. The maximum atomic E-state index is 12.9. The Bertz CT molecular complexity index is 380. The van der Waals surface area contributed by atoms with Crippen molar-refractivity contribution in [3.8, 4) is 0 Å². The van der Waals surface area contributed by atoms with E-state index in [0.29, 0.717) is 19.5 Å². The molecule has 1 rings (SSSR count). The van der Waals surface area contributed by atoms with Crippen LogP contribution >= 0.6 is 0 Å². The van der Waals surface area contributed by atoms with Gasteiger partial charge in [-0.15, -0.1) is 0 Å². The Morgan fingerprint density at radius 2 is 2.00 bits per heavy atom. The zero-order valence-corrected chi connectivity index (χ0v) is 10.6. The number of primary amides is 1. The average Bonchev–Trinajstić information content (AvgIpc) is 2.35. The zero-order valence-electron chi connectivity index (χ0n) is 10.6. The summed E-state index contributed by atoms with van der Waals surface area (Å²) in [6.07, 6.45) is 1.36. The van der Waals surface area contributed by atoms with E-state index >= 15 is 0 Å². The minimum absolute atomic E-state index is 0.301. The van der Waals surface area contributed by atoms with Crippen LogP contribution in [0.25, 0.3) is 0 Å². The van der Waals surface area contributed by atoms with E-state index < -0.39 is 0 Å². The van der Waals surface area contributed by atoms with E-state index in [4.69, 9.17) is 11.5 Å². The summed E-state index contributed by atoms with van der Waals surface area (Å²) in [6.45, 7) is 3.06. The van der Waals surface area contributed by atoms with Gasteiger partial charge in [-0.3, -0.25) is 4.79 Å². The third-order valence-corrected chi connectivity index (χ3v) is 2.85. The molecular formula is C13H20FN3O. The number of rotatable bonds is 7. The Labute approximate surface area is 107 Å². The molecule has 0 saturated carbocycles. The third kappa shape index (κ3) is 3.70. The Kier molecular flexibility index (Phi) is 5.58. The quantitative estimate of drug-likeness (QED) is 0.768. The van der Waals surface area contributed by atoms with Gasteiger partial charge in [-0.25, -0.2) is 4.39 Å². The summed E-state index contributed by atoms with van der Waals surface area (Å²) < 4.78 is 12.9. The first-order chi connectivity index (χ1) is 8.60. The molecule has 0 aliphatic rings. The molecule has 1 atom stereocenters. The van der Waals surface area contributed by atoms with Crippen molar-refractivity contribution in [1.29, 1.82) is 0 Å². The Hall–Kier alpha value is -1.62. The van der Waals surface area contributed by atoms with Crippen LogP contribution in [0.2, 0.25) is 0 Å². The van der Waals surface area contributed by atoms with E-state index in [1.54, 1.807) is 12.1 Å². The molecule has 1 aromatic carbocycles. The van der Waals surface area contributed by atoms with Crippen molar-refractivity contribution in [1.82, 2.24) is 0 Å². The second-order valence-electron chi connectivity index (χ2n) is 4.14. The topological polar surface area (TPSA) is 72.4 Å². The minimum Gasteiger partial charge on any atom is -0.368 e. The van der Waals surface area contributed by atoms with Gasteiger partial charge >= 0.3 is 0 Å². The van der Waals surface area contributed by atoms with Gasteiger partial charge in [0.25, 0.3) is 0 Å². The number of carbonyl (C=O) groups excluding carboxylic acids is 1. The van der Waals surface area contributed by atoms with Crippen molar-refractivity contribution in [3.05, 3.63) is 30.1 Å². The van der Waals surface area contributed by atoms with E-state index in [1.807, 2.05) is 11.8 Å². The molecule has 1 unspecified atom stereocenters. The van der Waals surface area contributed by atoms with Gasteiger partial charge in [-0.05, 0) is 43.7 Å². The number of carbonyl (C=O) groups is 1. The van der Waals surface area contributed by atoms with Crippen LogP contribution in [0, 0.1) is 5.82 Å². The largest absolute Gasteiger partial charge is 0.368 e. The second kappa shape index (κ2) is 6.96. The van der Waals surface area contributed by atoms with Crippen LogP contribution < -0.4 is 16.4 Å². The van der Waals surface area contributed by atoms with Crippen LogP contribution in [-0.2, 0) is 4.79 Å². The molecule has 4 nitrogen and oxygen atoms in total. The summed E-state index contributed by atoms with van der Waals surface area (Å²) in [5, 5.41) is 0. The highest BCUT2D eigenvalue weighted by molar-refractivity contribution is 5.83. The molecule has 100 valence electrons. The highest BCUT2D eigenvalue weighted by Crippen LogP contribution is 2.19. The van der Waals surface area contributed by atoms with Crippen molar-refractivity contribution in [2.45, 2.75) is 25.8 Å². The summed E-state index contributed by atoms with van der Waals surface area (Å²) >= 11 is 0. The predicted octanol–water partition coefficient (Wildman–Crippen LogP) is 1.24. The number of hydrogen-bond acceptors (Lipinski definition) is 3. The van der Waals surface area contributed by atoms with Crippen molar-refractivity contribution in [2.24, 2.45) is 11.5 Å². The molecule has 0 radical (unpaired) electrons. The number of nitrogens with zero attached hydrogens (tertiary/aromatic N) is 1. The normalized spacial score (nSPS) is 12.2. The van der Waals surface area contributed by atoms with Crippen LogP contribution in [0.3, 0.4) is 0 Å². The molecule has 1 amide bonds. The minimum atomic E-state index is -0.387. The van der Waals surface area contributed by atoms with Gasteiger partial charge in [-0.2, -0.15) is 0 Å². The van der Waals surface area contributed by atoms with E-state index in [0.717, 1.165) is 12.1 Å². The van der Waals surface area contributed by atoms with Crippen molar-refractivity contribution >= 4 is 11.6 Å². The lowest BCUT2D eigenvalue weighted by Gasteiger charge is -2.31. The Morgan fingerprint density at radius 1 is 1.39 bits per heavy atom. The van der Waals surface area contributed by atoms with Crippen molar-refractivity contribution < 1.29 is 9.18 Å². The first kappa shape index (κ1) is 14.4. The highest BCUT2D eigenvalue weighted by Gasteiger charge is 2.21. The predicted molar refractivity (Wildman–Crippen MR) is 70.7 cm³/mol. The smallest absolute Gasteiger partial charge is 0.240 e. The lowest BCUT2D eigenvalue weighted by atomic mass is 10.1. The number of benzene rings is 1. The number of hydrogen-bond donors (Lipinski definition) is 2. The van der Waals surface area contributed by atoms with Gasteiger partial charge in [0.15, 0.2) is 0 Å². The molecule has 0 aliphatic heterocycles. The van der Waals surface area contributed by atoms with E-state index in [9.17, 15) is 9.18 Å². The fourth-order valence-electron chi connectivity index (χ4n) is 1.93. The highest BCUT2D eigenvalue weighted by atomic mass is 19.1. The number of anilines is 1. The zero-order chi connectivity index (χ0) is 13.5. The number of amides is 1. The van der Waals surface area contributed by atoms with Gasteiger partial charge < -0.3 is 16.4 Å². The summed E-state index contributed by atoms with van der Waals surface area (Å²) in [5.74, 6) is -0.677. The third-order valence-electron chi connectivity index (χ3n) is 2.85. The fraction of sp³-hybridized carbons (Fsp3) is 0.462. The second-order valence-corrected chi connectivity index (χ2v) is 4.14. The Morgan fingerprint density at radius 3 is 2.44 bits per heavy atom. The molecule has 18 heavy (non-hydrogen) atoms. The van der Waals surface area contributed by atoms with Crippen LogP contribution in [-0.4, -0.2) is 25.0 Å². The molecule has 4 N–H and O–H groups in total. The Balaban J connectivity index is 2.95. The van der Waals surface area contributed by atoms with E-state index in [2.05, 4.69) is 0 Å². The van der Waals surface area contributed by atoms with E-state index in [1.165, 1.54) is 12.1 Å². The van der Waals surface area contributed by atoms with Gasteiger partial charge in [0.1, 0.15) is 11.9 Å². The number of nitrogens with two attached hydrogens (primary N) is 2. The van der Waals surface area contributed by atoms with E-state index in [-0.39, 0.29) is 17.8 Å². The molecule has 0 spiro atoms. The molecule has 1 aromatic rings. The molecule has 0 aliphatic carbocycles. The lowest BCUT2D eigenvalue weighted by molar-refractivity contribution is -0.119. The lowest BCUT2D eigenvalue weighted by Crippen LogP contribution is -2.45. The van der Waals surface area contributed by atoms with Gasteiger partial charge in [-0.1, -0.05) is 6.92 Å². The fourth-order valence-corrected chi connectivity index (χ4v) is 1.93. The van der Waals surface area contributed by atoms with Crippen LogP contribution in [0.1, 0.15) is 19.8 Å². The monoisotopic (exact) mass is 253 g/mol. The van der Waals surface area contributed by atoms with Crippen LogP contribution in [0.4, 0.5) is 10.1 Å². The molecule has 0 fully saturated rings. The molecule has 0 heterocycles. The maximum Gasteiger partial charge on any atom is 0.240 e. The molecule has 5 heteroatoms. The standard InChI is InChI=1S/C13H20FN3O/c1-2-12(13(16)18)17(9-3-8-15)11-6-4-10(14)5-7-11/h4-7,12H,2-3,8-9,15H2,1H3,(H2,16,18). The molecular weight excluding hydrogens is 233 g/mol. The van der Waals surface area contributed by atoms with Crippen LogP contribution in [0.15, 0.2) is 24.3 Å². The average molecular weight is 253 g/mol. The summed E-state index contributed by atoms with van der Waals surface area (Å²) in [7, 11) is 0. The van der Waals surface area contributed by atoms with Gasteiger partial charge in [0, 0.05) is 12.2 Å². The first-order valence-corrected chi connectivity index (χ1v) is 6.11. The molecule has 0 saturated heterocycles. The first-order valence-electron chi connectivity index (χ1n) is 6.11. The maximum absolute atomic E-state index is 12.9. The summed E-state index contributed by atoms with van der Waals surface area (Å²) in [6, 6.07) is 5.66. The molecule has 0 bridgehead atoms. The van der Waals surface area contributed by atoms with Crippen LogP contribution in [0.5, 0.6) is 0 Å².